The summed E-state index contributed by atoms with van der Waals surface area (Å²) in [7, 11) is 1.57. The van der Waals surface area contributed by atoms with Gasteiger partial charge in [-0.15, -0.1) is 0 Å². The van der Waals surface area contributed by atoms with Crippen LogP contribution in [-0.4, -0.2) is 30.7 Å². The quantitative estimate of drug-likeness (QED) is 0.687. The molecule has 6 heteroatoms. The van der Waals surface area contributed by atoms with Crippen molar-refractivity contribution in [2.24, 2.45) is 0 Å². The second kappa shape index (κ2) is 9.15. The number of rotatable bonds is 8. The van der Waals surface area contributed by atoms with E-state index in [4.69, 9.17) is 4.74 Å². The highest BCUT2D eigenvalue weighted by Crippen LogP contribution is 2.18. The highest BCUT2D eigenvalue weighted by molar-refractivity contribution is 5.91. The molecule has 0 aliphatic rings. The van der Waals surface area contributed by atoms with Crippen LogP contribution in [0, 0.1) is 5.82 Å². The second-order valence-electron chi connectivity index (χ2n) is 5.86. The molecule has 2 aromatic rings. The fraction of sp³-hybridized carbons (Fsp3) is 0.316. The summed E-state index contributed by atoms with van der Waals surface area (Å²) in [6.07, 6.45) is -0.495. The number of nitrogens with one attached hydrogen (secondary N) is 2. The summed E-state index contributed by atoms with van der Waals surface area (Å²) in [6.45, 7) is 2.16. The third-order valence-electron chi connectivity index (χ3n) is 3.74. The first-order valence-electron chi connectivity index (χ1n) is 8.08. The number of amides is 1. The van der Waals surface area contributed by atoms with Gasteiger partial charge in [0.15, 0.2) is 0 Å². The highest BCUT2D eigenvalue weighted by Gasteiger charge is 2.13. The molecule has 0 saturated heterocycles. The normalized spacial score (nSPS) is 13.1. The van der Waals surface area contributed by atoms with E-state index in [9.17, 15) is 14.3 Å². The molecule has 2 unspecified atom stereocenters. The van der Waals surface area contributed by atoms with E-state index in [1.807, 2.05) is 25.1 Å². The van der Waals surface area contributed by atoms with E-state index in [-0.39, 0.29) is 18.4 Å². The van der Waals surface area contributed by atoms with E-state index >= 15 is 0 Å². The third-order valence-corrected chi connectivity index (χ3v) is 3.74. The van der Waals surface area contributed by atoms with Crippen LogP contribution in [-0.2, 0) is 4.79 Å². The number of ether oxygens (including phenoxy) is 1. The molecule has 134 valence electrons. The van der Waals surface area contributed by atoms with Crippen LogP contribution in [0.3, 0.4) is 0 Å². The molecule has 0 radical (unpaired) electrons. The van der Waals surface area contributed by atoms with Gasteiger partial charge in [-0.2, -0.15) is 0 Å². The van der Waals surface area contributed by atoms with E-state index in [1.54, 1.807) is 19.2 Å². The number of methoxy groups -OCH3 is 1. The number of anilines is 1. The molecule has 3 N–H and O–H groups in total. The summed E-state index contributed by atoms with van der Waals surface area (Å²) in [5.74, 6) is 0.0610. The van der Waals surface area contributed by atoms with Crippen LogP contribution in [0.1, 0.15) is 25.0 Å². The van der Waals surface area contributed by atoms with Crippen molar-refractivity contribution in [1.82, 2.24) is 5.32 Å². The van der Waals surface area contributed by atoms with Gasteiger partial charge in [-0.1, -0.05) is 18.2 Å². The molecular formula is C19H23FN2O3. The summed E-state index contributed by atoms with van der Waals surface area (Å²) in [6, 6.07) is 12.8. The zero-order valence-electron chi connectivity index (χ0n) is 14.3. The third kappa shape index (κ3) is 6.17. The molecule has 5 nitrogen and oxygen atoms in total. The number of benzene rings is 2. The summed E-state index contributed by atoms with van der Waals surface area (Å²) in [5.41, 5.74) is 1.16. The predicted octanol–water partition coefficient (Wildman–Crippen LogP) is 2.87. The maximum absolute atomic E-state index is 13.1. The van der Waals surface area contributed by atoms with Crippen molar-refractivity contribution in [3.05, 3.63) is 59.9 Å². The van der Waals surface area contributed by atoms with Crippen LogP contribution >= 0.6 is 0 Å². The van der Waals surface area contributed by atoms with Crippen molar-refractivity contribution in [2.75, 3.05) is 19.0 Å². The van der Waals surface area contributed by atoms with Gasteiger partial charge in [-0.25, -0.2) is 4.39 Å². The Hall–Kier alpha value is -2.44. The fourth-order valence-corrected chi connectivity index (χ4v) is 2.41. The SMILES string of the molecule is COc1cccc(C(O)CNC(C)CC(=O)Nc2cccc(F)c2)c1. The van der Waals surface area contributed by atoms with Gasteiger partial charge in [-0.3, -0.25) is 4.79 Å². The van der Waals surface area contributed by atoms with Crippen molar-refractivity contribution in [3.63, 3.8) is 0 Å². The Morgan fingerprint density at radius 2 is 2.00 bits per heavy atom. The van der Waals surface area contributed by atoms with Crippen LogP contribution < -0.4 is 15.4 Å². The first-order valence-corrected chi connectivity index (χ1v) is 8.08. The van der Waals surface area contributed by atoms with E-state index in [0.717, 1.165) is 5.56 Å². The lowest BCUT2D eigenvalue weighted by Gasteiger charge is -2.17. The molecule has 0 heterocycles. The van der Waals surface area contributed by atoms with Gasteiger partial charge in [-0.05, 0) is 42.8 Å². The van der Waals surface area contributed by atoms with Crippen LogP contribution in [0.25, 0.3) is 0 Å². The van der Waals surface area contributed by atoms with Gasteiger partial charge in [0, 0.05) is 24.7 Å². The Kier molecular flexibility index (Phi) is 6.91. The number of carbonyl (C=O) groups excluding carboxylic acids is 1. The number of hydrogen-bond acceptors (Lipinski definition) is 4. The first kappa shape index (κ1) is 18.9. The molecule has 0 spiro atoms. The molecule has 2 atom stereocenters. The van der Waals surface area contributed by atoms with Gasteiger partial charge in [0.05, 0.1) is 13.2 Å². The average molecular weight is 346 g/mol. The topological polar surface area (TPSA) is 70.6 Å². The lowest BCUT2D eigenvalue weighted by atomic mass is 10.1. The van der Waals surface area contributed by atoms with Crippen molar-refractivity contribution in [3.8, 4) is 5.75 Å². The molecule has 1 amide bonds. The molecule has 0 aliphatic carbocycles. The molecule has 0 saturated carbocycles. The molecule has 2 aromatic carbocycles. The largest absolute Gasteiger partial charge is 0.497 e. The van der Waals surface area contributed by atoms with Crippen molar-refractivity contribution in [2.45, 2.75) is 25.5 Å². The molecule has 0 aliphatic heterocycles. The lowest BCUT2D eigenvalue weighted by molar-refractivity contribution is -0.116. The Morgan fingerprint density at radius 1 is 1.24 bits per heavy atom. The molecule has 0 fully saturated rings. The van der Waals surface area contributed by atoms with E-state index in [2.05, 4.69) is 10.6 Å². The minimum atomic E-state index is -0.705. The highest BCUT2D eigenvalue weighted by atomic mass is 19.1. The number of hydrogen-bond donors (Lipinski definition) is 3. The molecular weight excluding hydrogens is 323 g/mol. The minimum absolute atomic E-state index is 0.145. The summed E-state index contributed by atoms with van der Waals surface area (Å²) in [4.78, 5) is 12.0. The van der Waals surface area contributed by atoms with Crippen molar-refractivity contribution >= 4 is 11.6 Å². The molecule has 0 aromatic heterocycles. The van der Waals surface area contributed by atoms with Gasteiger partial charge in [0.25, 0.3) is 0 Å². The van der Waals surface area contributed by atoms with Crippen LogP contribution in [0.15, 0.2) is 48.5 Å². The zero-order chi connectivity index (χ0) is 18.2. The molecule has 2 rings (SSSR count). The second-order valence-corrected chi connectivity index (χ2v) is 5.86. The van der Waals surface area contributed by atoms with Gasteiger partial charge in [0.1, 0.15) is 11.6 Å². The number of aliphatic hydroxyl groups excluding tert-OH is 1. The van der Waals surface area contributed by atoms with Crippen molar-refractivity contribution < 1.29 is 19.0 Å². The minimum Gasteiger partial charge on any atom is -0.497 e. The maximum Gasteiger partial charge on any atom is 0.225 e. The monoisotopic (exact) mass is 346 g/mol. The Bertz CT molecular complexity index is 709. The van der Waals surface area contributed by atoms with Gasteiger partial charge >= 0.3 is 0 Å². The van der Waals surface area contributed by atoms with Gasteiger partial charge in [0.2, 0.25) is 5.91 Å². The number of aliphatic hydroxyl groups is 1. The van der Waals surface area contributed by atoms with Crippen LogP contribution in [0.4, 0.5) is 10.1 Å². The molecule has 0 bridgehead atoms. The fourth-order valence-electron chi connectivity index (χ4n) is 2.41. The van der Waals surface area contributed by atoms with E-state index in [1.165, 1.54) is 18.2 Å². The number of halogens is 1. The summed E-state index contributed by atoms with van der Waals surface area (Å²) < 4.78 is 18.2. The predicted molar refractivity (Wildman–Crippen MR) is 95.1 cm³/mol. The Morgan fingerprint density at radius 3 is 2.72 bits per heavy atom. The summed E-state index contributed by atoms with van der Waals surface area (Å²) in [5, 5.41) is 16.0. The first-order chi connectivity index (χ1) is 12.0. The van der Waals surface area contributed by atoms with Crippen LogP contribution in [0.2, 0.25) is 0 Å². The molecule has 25 heavy (non-hydrogen) atoms. The average Bonchev–Trinajstić information content (AvgIpc) is 2.59. The van der Waals surface area contributed by atoms with Crippen molar-refractivity contribution in [1.29, 1.82) is 0 Å². The zero-order valence-corrected chi connectivity index (χ0v) is 14.3. The standard InChI is InChI=1S/C19H23FN2O3/c1-13(9-19(24)22-16-7-4-6-15(20)11-16)21-12-18(23)14-5-3-8-17(10-14)25-2/h3-8,10-11,13,18,21,23H,9,12H2,1-2H3,(H,22,24). The summed E-state index contributed by atoms with van der Waals surface area (Å²) >= 11 is 0. The maximum atomic E-state index is 13.1. The smallest absolute Gasteiger partial charge is 0.225 e. The van der Waals surface area contributed by atoms with E-state index in [0.29, 0.717) is 18.0 Å². The Balaban J connectivity index is 1.79. The van der Waals surface area contributed by atoms with E-state index < -0.39 is 11.9 Å². The number of carbonyl (C=O) groups is 1. The Labute approximate surface area is 146 Å². The lowest BCUT2D eigenvalue weighted by Crippen LogP contribution is -2.33. The van der Waals surface area contributed by atoms with Crippen LogP contribution in [0.5, 0.6) is 5.75 Å². The van der Waals surface area contributed by atoms with Gasteiger partial charge < -0.3 is 20.5 Å².